The molecule has 0 fully saturated rings. The van der Waals surface area contributed by atoms with Crippen LogP contribution in [-0.4, -0.2) is 30.3 Å². The van der Waals surface area contributed by atoms with Crippen LogP contribution in [0.3, 0.4) is 0 Å². The van der Waals surface area contributed by atoms with E-state index in [1.807, 2.05) is 0 Å². The Labute approximate surface area is 108 Å². The number of nitrogens with zero attached hydrogens (tertiary/aromatic N) is 1. The van der Waals surface area contributed by atoms with Crippen molar-refractivity contribution in [2.45, 2.75) is 26.2 Å². The molecule has 0 bridgehead atoms. The molecule has 0 radical (unpaired) electrons. The van der Waals surface area contributed by atoms with Crippen molar-refractivity contribution in [3.8, 4) is 0 Å². The Kier molecular flexibility index (Phi) is 5.36. The number of primary amides is 1. The number of hydrogen-bond acceptors (Lipinski definition) is 2. The van der Waals surface area contributed by atoms with Crippen molar-refractivity contribution in [2.24, 2.45) is 5.73 Å². The van der Waals surface area contributed by atoms with Gasteiger partial charge in [0.2, 0.25) is 0 Å². The van der Waals surface area contributed by atoms with Crippen molar-refractivity contribution in [2.75, 3.05) is 13.6 Å². The average Bonchev–Trinajstić information content (AvgIpc) is 2.37. The lowest BCUT2D eigenvalue weighted by molar-refractivity contribution is -0.143. The molecule has 4 nitrogen and oxygen atoms in total. The molecule has 0 aliphatic rings. The van der Waals surface area contributed by atoms with Crippen LogP contribution in [-0.2, 0) is 22.4 Å². The van der Waals surface area contributed by atoms with Crippen LogP contribution in [0, 0.1) is 0 Å². The van der Waals surface area contributed by atoms with Crippen LogP contribution < -0.4 is 5.73 Å². The molecule has 0 saturated carbocycles. The van der Waals surface area contributed by atoms with E-state index in [1.54, 1.807) is 7.05 Å². The number of aryl methyl sites for hydroxylation is 1. The fourth-order valence-corrected chi connectivity index (χ4v) is 1.75. The maximum atomic E-state index is 11.3. The number of rotatable bonds is 5. The predicted molar refractivity (Wildman–Crippen MR) is 71.0 cm³/mol. The third kappa shape index (κ3) is 4.20. The lowest BCUT2D eigenvalue weighted by Crippen LogP contribution is -2.38. The zero-order valence-electron chi connectivity index (χ0n) is 11.0. The maximum absolute atomic E-state index is 11.3. The monoisotopic (exact) mass is 248 g/mol. The van der Waals surface area contributed by atoms with Crippen molar-refractivity contribution in [1.29, 1.82) is 0 Å². The predicted octanol–water partition coefficient (Wildman–Crippen LogP) is 1.13. The Morgan fingerprint density at radius 3 is 2.06 bits per heavy atom. The fraction of sp³-hybridized carbons (Fsp3) is 0.429. The summed E-state index contributed by atoms with van der Waals surface area (Å²) in [6, 6.07) is 8.34. The largest absolute Gasteiger partial charge is 0.361 e. The normalized spacial score (nSPS) is 10.1. The molecular formula is C14H20N2O2. The molecule has 4 heteroatoms. The van der Waals surface area contributed by atoms with Crippen LogP contribution in [0.25, 0.3) is 0 Å². The van der Waals surface area contributed by atoms with Gasteiger partial charge in [-0.15, -0.1) is 0 Å². The lowest BCUT2D eigenvalue weighted by Gasteiger charge is -2.14. The summed E-state index contributed by atoms with van der Waals surface area (Å²) in [7, 11) is 1.58. The van der Waals surface area contributed by atoms with Gasteiger partial charge in [-0.1, -0.05) is 37.6 Å². The summed E-state index contributed by atoms with van der Waals surface area (Å²) in [5.74, 6) is -1.55. The minimum Gasteiger partial charge on any atom is -0.361 e. The molecular weight excluding hydrogens is 228 g/mol. The number of hydrogen-bond donors (Lipinski definition) is 1. The molecule has 1 aromatic rings. The molecule has 2 N–H and O–H groups in total. The first kappa shape index (κ1) is 14.2. The standard InChI is InChI=1S/C14H20N2O2/c1-3-4-11-5-7-12(8-6-11)9-10-16(2)14(18)13(15)17/h5-8H,3-4,9-10H2,1-2H3,(H2,15,17). The number of amides is 2. The van der Waals surface area contributed by atoms with Gasteiger partial charge in [0.1, 0.15) is 0 Å². The summed E-state index contributed by atoms with van der Waals surface area (Å²) in [5.41, 5.74) is 7.40. The van der Waals surface area contributed by atoms with Gasteiger partial charge < -0.3 is 10.6 Å². The quantitative estimate of drug-likeness (QED) is 0.794. The zero-order valence-corrected chi connectivity index (χ0v) is 11.0. The first-order valence-corrected chi connectivity index (χ1v) is 6.17. The van der Waals surface area contributed by atoms with Gasteiger partial charge in [-0.2, -0.15) is 0 Å². The van der Waals surface area contributed by atoms with Crippen LogP contribution >= 0.6 is 0 Å². The lowest BCUT2D eigenvalue weighted by atomic mass is 10.1. The molecule has 0 spiro atoms. The zero-order chi connectivity index (χ0) is 13.5. The van der Waals surface area contributed by atoms with E-state index in [0.29, 0.717) is 6.54 Å². The van der Waals surface area contributed by atoms with Crippen LogP contribution in [0.1, 0.15) is 24.5 Å². The molecule has 18 heavy (non-hydrogen) atoms. The van der Waals surface area contributed by atoms with Crippen LogP contribution in [0.5, 0.6) is 0 Å². The highest BCUT2D eigenvalue weighted by atomic mass is 16.2. The molecule has 0 aromatic heterocycles. The van der Waals surface area contributed by atoms with E-state index < -0.39 is 11.8 Å². The molecule has 2 amide bonds. The summed E-state index contributed by atoms with van der Waals surface area (Å²) in [6.07, 6.45) is 2.94. The van der Waals surface area contributed by atoms with Gasteiger partial charge in [-0.3, -0.25) is 9.59 Å². The van der Waals surface area contributed by atoms with Crippen molar-refractivity contribution in [3.05, 3.63) is 35.4 Å². The second kappa shape index (κ2) is 6.79. The van der Waals surface area contributed by atoms with Gasteiger partial charge in [0.15, 0.2) is 0 Å². The highest BCUT2D eigenvalue weighted by Crippen LogP contribution is 2.07. The van der Waals surface area contributed by atoms with E-state index in [4.69, 9.17) is 5.73 Å². The maximum Gasteiger partial charge on any atom is 0.311 e. The summed E-state index contributed by atoms with van der Waals surface area (Å²) < 4.78 is 0. The highest BCUT2D eigenvalue weighted by Gasteiger charge is 2.14. The molecule has 0 atom stereocenters. The molecule has 1 rings (SSSR count). The number of carbonyl (C=O) groups is 2. The van der Waals surface area contributed by atoms with Gasteiger partial charge in [0.05, 0.1) is 0 Å². The van der Waals surface area contributed by atoms with E-state index in [9.17, 15) is 9.59 Å². The summed E-state index contributed by atoms with van der Waals surface area (Å²) >= 11 is 0. The van der Waals surface area contributed by atoms with Crippen molar-refractivity contribution >= 4 is 11.8 Å². The van der Waals surface area contributed by atoms with E-state index in [-0.39, 0.29) is 0 Å². The third-order valence-electron chi connectivity index (χ3n) is 2.86. The van der Waals surface area contributed by atoms with Gasteiger partial charge in [0.25, 0.3) is 0 Å². The molecule has 0 unspecified atom stereocenters. The van der Waals surface area contributed by atoms with E-state index in [0.717, 1.165) is 24.8 Å². The van der Waals surface area contributed by atoms with Gasteiger partial charge >= 0.3 is 11.8 Å². The van der Waals surface area contributed by atoms with Crippen LogP contribution in [0.2, 0.25) is 0 Å². The Morgan fingerprint density at radius 2 is 1.61 bits per heavy atom. The van der Waals surface area contributed by atoms with Gasteiger partial charge in [0, 0.05) is 13.6 Å². The molecule has 0 aliphatic heterocycles. The number of benzene rings is 1. The van der Waals surface area contributed by atoms with Crippen molar-refractivity contribution < 1.29 is 9.59 Å². The summed E-state index contributed by atoms with van der Waals surface area (Å²) in [5, 5.41) is 0. The molecule has 0 saturated heterocycles. The number of carbonyl (C=O) groups excluding carboxylic acids is 2. The Bertz CT molecular complexity index is 412. The van der Waals surface area contributed by atoms with Gasteiger partial charge in [-0.05, 0) is 24.0 Å². The van der Waals surface area contributed by atoms with E-state index in [1.165, 1.54) is 10.5 Å². The van der Waals surface area contributed by atoms with Crippen LogP contribution in [0.15, 0.2) is 24.3 Å². The summed E-state index contributed by atoms with van der Waals surface area (Å²) in [6.45, 7) is 2.65. The van der Waals surface area contributed by atoms with Gasteiger partial charge in [-0.25, -0.2) is 0 Å². The summed E-state index contributed by atoms with van der Waals surface area (Å²) in [4.78, 5) is 23.3. The minimum atomic E-state index is -0.907. The molecule has 1 aromatic carbocycles. The molecule has 0 aliphatic carbocycles. The van der Waals surface area contributed by atoms with E-state index in [2.05, 4.69) is 31.2 Å². The number of nitrogens with two attached hydrogens (primary N) is 1. The topological polar surface area (TPSA) is 63.4 Å². The molecule has 98 valence electrons. The van der Waals surface area contributed by atoms with Crippen LogP contribution in [0.4, 0.5) is 0 Å². The second-order valence-corrected chi connectivity index (χ2v) is 4.41. The van der Waals surface area contributed by atoms with Crippen molar-refractivity contribution in [1.82, 2.24) is 4.90 Å². The first-order chi connectivity index (χ1) is 8.54. The Hall–Kier alpha value is -1.84. The smallest absolute Gasteiger partial charge is 0.311 e. The Balaban J connectivity index is 2.48. The second-order valence-electron chi connectivity index (χ2n) is 4.41. The molecule has 0 heterocycles. The fourth-order valence-electron chi connectivity index (χ4n) is 1.75. The first-order valence-electron chi connectivity index (χ1n) is 6.17. The average molecular weight is 248 g/mol. The highest BCUT2D eigenvalue weighted by molar-refractivity contribution is 6.34. The third-order valence-corrected chi connectivity index (χ3v) is 2.86. The van der Waals surface area contributed by atoms with Crippen molar-refractivity contribution in [3.63, 3.8) is 0 Å². The SMILES string of the molecule is CCCc1ccc(CCN(C)C(=O)C(N)=O)cc1. The Morgan fingerprint density at radius 1 is 1.11 bits per heavy atom. The minimum absolute atomic E-state index is 0.495. The number of likely N-dealkylation sites (N-methyl/N-ethyl adjacent to an activating group) is 1. The van der Waals surface area contributed by atoms with E-state index >= 15 is 0 Å².